The summed E-state index contributed by atoms with van der Waals surface area (Å²) in [5, 5.41) is 1.04. The smallest absolute Gasteiger partial charge is 0.229 e. The summed E-state index contributed by atoms with van der Waals surface area (Å²) in [6.07, 6.45) is 3.44. The first kappa shape index (κ1) is 10.8. The molecule has 0 aromatic heterocycles. The van der Waals surface area contributed by atoms with Crippen molar-refractivity contribution in [2.45, 2.75) is 25.4 Å². The molecule has 0 bridgehead atoms. The zero-order valence-corrected chi connectivity index (χ0v) is 10.8. The first-order valence-electron chi connectivity index (χ1n) is 5.72. The van der Waals surface area contributed by atoms with Gasteiger partial charge in [-0.05, 0) is 25.7 Å². The minimum absolute atomic E-state index is 0.184. The first-order valence-corrected chi connectivity index (χ1v) is 6.94. The summed E-state index contributed by atoms with van der Waals surface area (Å²) in [7, 11) is 0. The molecule has 1 saturated heterocycles. The molecular weight excluding hydrogens is 232 g/mol. The fourth-order valence-electron chi connectivity index (χ4n) is 2.62. The van der Waals surface area contributed by atoms with Crippen LogP contribution in [0, 0.1) is 0 Å². The average molecular weight is 246 g/mol. The fourth-order valence-corrected chi connectivity index (χ4v) is 3.30. The number of amides is 1. The van der Waals surface area contributed by atoms with E-state index in [1.807, 2.05) is 42.3 Å². The van der Waals surface area contributed by atoms with E-state index in [1.54, 1.807) is 11.8 Å². The van der Waals surface area contributed by atoms with Gasteiger partial charge in [0.15, 0.2) is 0 Å². The van der Waals surface area contributed by atoms with Gasteiger partial charge in [-0.3, -0.25) is 9.69 Å². The molecule has 1 fully saturated rings. The molecule has 1 aromatic rings. The van der Waals surface area contributed by atoms with Crippen LogP contribution in [0.15, 0.2) is 29.3 Å². The van der Waals surface area contributed by atoms with E-state index in [0.717, 1.165) is 22.7 Å². The number of thioether (sulfide) groups is 1. The topological polar surface area (TPSA) is 32.7 Å². The summed E-state index contributed by atoms with van der Waals surface area (Å²) in [6, 6.07) is 8.03. The summed E-state index contributed by atoms with van der Waals surface area (Å²) in [5.41, 5.74) is 1.72. The molecule has 0 N–H and O–H groups in total. The van der Waals surface area contributed by atoms with Crippen molar-refractivity contribution in [3.8, 4) is 0 Å². The Hall–Kier alpha value is -1.29. The third kappa shape index (κ3) is 1.43. The van der Waals surface area contributed by atoms with E-state index < -0.39 is 0 Å². The molecular formula is C13H14N2OS. The molecule has 3 nitrogen and oxygen atoms in total. The van der Waals surface area contributed by atoms with Crippen molar-refractivity contribution in [2.75, 3.05) is 11.2 Å². The molecule has 0 spiro atoms. The van der Waals surface area contributed by atoms with Crippen molar-refractivity contribution in [3.05, 3.63) is 29.8 Å². The maximum Gasteiger partial charge on any atom is 0.229 e. The van der Waals surface area contributed by atoms with Crippen LogP contribution < -0.4 is 4.90 Å². The number of rotatable bonds is 0. The number of anilines is 1. The second kappa shape index (κ2) is 3.60. The Kier molecular flexibility index (Phi) is 2.30. The molecule has 1 unspecified atom stereocenters. The van der Waals surface area contributed by atoms with Crippen LogP contribution in [0.4, 0.5) is 5.69 Å². The number of hydrogen-bond donors (Lipinski definition) is 0. The van der Waals surface area contributed by atoms with Gasteiger partial charge >= 0.3 is 0 Å². The maximum atomic E-state index is 12.0. The highest BCUT2D eigenvalue weighted by Gasteiger charge is 2.46. The highest BCUT2D eigenvalue weighted by molar-refractivity contribution is 8.13. The van der Waals surface area contributed by atoms with Crippen LogP contribution in [0.3, 0.4) is 0 Å². The van der Waals surface area contributed by atoms with E-state index in [1.165, 1.54) is 0 Å². The fraction of sp³-hybridized carbons (Fsp3) is 0.385. The van der Waals surface area contributed by atoms with Gasteiger partial charge in [-0.25, -0.2) is 4.99 Å². The monoisotopic (exact) mass is 246 g/mol. The molecule has 0 radical (unpaired) electrons. The molecule has 2 aliphatic rings. The maximum absolute atomic E-state index is 12.0. The number of hydrogen-bond acceptors (Lipinski definition) is 3. The second-order valence-electron chi connectivity index (χ2n) is 4.58. The lowest BCUT2D eigenvalue weighted by molar-refractivity contribution is -0.117. The van der Waals surface area contributed by atoms with E-state index in [4.69, 9.17) is 4.99 Å². The largest absolute Gasteiger partial charge is 0.286 e. The summed E-state index contributed by atoms with van der Waals surface area (Å²) in [4.78, 5) is 18.7. The number of aliphatic imine (C=N–C) groups is 1. The summed E-state index contributed by atoms with van der Waals surface area (Å²) in [5.74, 6) is 0.184. The van der Waals surface area contributed by atoms with Gasteiger partial charge in [0.2, 0.25) is 5.91 Å². The van der Waals surface area contributed by atoms with Crippen molar-refractivity contribution in [2.24, 2.45) is 4.99 Å². The SMILES string of the molecule is CSC1=NC2(C)CCC(=O)N2c2ccccc21. The Morgan fingerprint density at radius 2 is 2.18 bits per heavy atom. The van der Waals surface area contributed by atoms with Gasteiger partial charge in [-0.15, -0.1) is 11.8 Å². The van der Waals surface area contributed by atoms with Crippen molar-refractivity contribution >= 4 is 28.4 Å². The van der Waals surface area contributed by atoms with Gasteiger partial charge in [0.25, 0.3) is 0 Å². The number of nitrogens with zero attached hydrogens (tertiary/aromatic N) is 2. The van der Waals surface area contributed by atoms with E-state index in [2.05, 4.69) is 0 Å². The Balaban J connectivity index is 2.24. The Bertz CT molecular complexity index is 526. The third-order valence-electron chi connectivity index (χ3n) is 3.45. The summed E-state index contributed by atoms with van der Waals surface area (Å²) in [6.45, 7) is 2.05. The Morgan fingerprint density at radius 1 is 1.41 bits per heavy atom. The van der Waals surface area contributed by atoms with E-state index in [-0.39, 0.29) is 11.6 Å². The van der Waals surface area contributed by atoms with E-state index in [9.17, 15) is 4.79 Å². The van der Waals surface area contributed by atoms with Gasteiger partial charge in [-0.2, -0.15) is 0 Å². The molecule has 88 valence electrons. The zero-order chi connectivity index (χ0) is 12.0. The quantitative estimate of drug-likeness (QED) is 0.705. The van der Waals surface area contributed by atoms with Gasteiger partial charge in [-0.1, -0.05) is 18.2 Å². The molecule has 1 atom stereocenters. The third-order valence-corrected chi connectivity index (χ3v) is 4.15. The minimum atomic E-state index is -0.371. The van der Waals surface area contributed by atoms with E-state index >= 15 is 0 Å². The normalized spacial score (nSPS) is 26.6. The number of fused-ring (bicyclic) bond motifs is 3. The van der Waals surface area contributed by atoms with Crippen LogP contribution >= 0.6 is 11.8 Å². The molecule has 2 heterocycles. The standard InChI is InChI=1S/C13H14N2OS/c1-13-8-7-11(16)15(13)10-6-4-3-5-9(10)12(14-13)17-2/h3-6H,7-8H2,1-2H3. The van der Waals surface area contributed by atoms with E-state index in [0.29, 0.717) is 6.42 Å². The summed E-state index contributed by atoms with van der Waals surface area (Å²) < 4.78 is 0. The van der Waals surface area contributed by atoms with Crippen LogP contribution in [0.2, 0.25) is 0 Å². The van der Waals surface area contributed by atoms with Crippen molar-refractivity contribution in [1.29, 1.82) is 0 Å². The Labute approximate surface area is 105 Å². The van der Waals surface area contributed by atoms with Crippen molar-refractivity contribution in [3.63, 3.8) is 0 Å². The van der Waals surface area contributed by atoms with Crippen LogP contribution in [-0.2, 0) is 4.79 Å². The molecule has 4 heteroatoms. The van der Waals surface area contributed by atoms with Gasteiger partial charge in [0.05, 0.1) is 5.69 Å². The number of benzene rings is 1. The van der Waals surface area contributed by atoms with Gasteiger partial charge in [0, 0.05) is 12.0 Å². The second-order valence-corrected chi connectivity index (χ2v) is 5.38. The molecule has 0 aliphatic carbocycles. The van der Waals surface area contributed by atoms with Crippen LogP contribution in [-0.4, -0.2) is 22.9 Å². The van der Waals surface area contributed by atoms with Gasteiger partial charge < -0.3 is 0 Å². The van der Waals surface area contributed by atoms with Crippen molar-refractivity contribution in [1.82, 2.24) is 0 Å². The Morgan fingerprint density at radius 3 is 2.94 bits per heavy atom. The predicted molar refractivity (Wildman–Crippen MR) is 71.6 cm³/mol. The number of carbonyl (C=O) groups is 1. The minimum Gasteiger partial charge on any atom is -0.286 e. The predicted octanol–water partition coefficient (Wildman–Crippen LogP) is 2.65. The number of carbonyl (C=O) groups excluding carboxylic acids is 1. The zero-order valence-electron chi connectivity index (χ0n) is 9.93. The van der Waals surface area contributed by atoms with Crippen LogP contribution in [0.5, 0.6) is 0 Å². The highest BCUT2D eigenvalue weighted by atomic mass is 32.2. The lowest BCUT2D eigenvalue weighted by Gasteiger charge is -2.37. The highest BCUT2D eigenvalue weighted by Crippen LogP contribution is 2.42. The summed E-state index contributed by atoms with van der Waals surface area (Å²) >= 11 is 1.65. The van der Waals surface area contributed by atoms with Crippen LogP contribution in [0.1, 0.15) is 25.3 Å². The molecule has 17 heavy (non-hydrogen) atoms. The molecule has 2 aliphatic heterocycles. The lowest BCUT2D eigenvalue weighted by atomic mass is 10.0. The van der Waals surface area contributed by atoms with Crippen molar-refractivity contribution < 1.29 is 4.79 Å². The molecule has 1 aromatic carbocycles. The average Bonchev–Trinajstić information content (AvgIpc) is 2.64. The van der Waals surface area contributed by atoms with Crippen LogP contribution in [0.25, 0.3) is 0 Å². The molecule has 1 amide bonds. The lowest BCUT2D eigenvalue weighted by Crippen LogP contribution is -2.45. The molecule has 3 rings (SSSR count). The number of para-hydroxylation sites is 1. The molecule has 0 saturated carbocycles. The first-order chi connectivity index (χ1) is 8.15. The van der Waals surface area contributed by atoms with Gasteiger partial charge in [0.1, 0.15) is 10.7 Å².